The molecule has 0 aliphatic carbocycles. The van der Waals surface area contributed by atoms with E-state index in [4.69, 9.17) is 0 Å². The summed E-state index contributed by atoms with van der Waals surface area (Å²) in [7, 11) is -3.22. The molecular weight excluding hydrogens is 346 g/mol. The monoisotopic (exact) mass is 361 g/mol. The van der Waals surface area contributed by atoms with Crippen molar-refractivity contribution >= 4 is 21.6 Å². The molecule has 7 nitrogen and oxygen atoms in total. The first kappa shape index (κ1) is 16.6. The standard InChI is InChI=1S/C15H15N5O2S2/c1-11-3-8-15(16-9-11)23-10-14-17-18-19-20(14)12-4-6-13(7-5-12)24(2,21)22/h3-9H,10H2,1-2H3. The maximum absolute atomic E-state index is 11.5. The van der Waals surface area contributed by atoms with Crippen molar-refractivity contribution < 1.29 is 8.42 Å². The molecule has 3 aromatic rings. The number of nitrogens with zero attached hydrogens (tertiary/aromatic N) is 5. The highest BCUT2D eigenvalue weighted by atomic mass is 32.2. The fourth-order valence-corrected chi connectivity index (χ4v) is 3.39. The lowest BCUT2D eigenvalue weighted by Crippen LogP contribution is -2.03. The lowest BCUT2D eigenvalue weighted by atomic mass is 10.3. The molecule has 0 unspecified atom stereocenters. The zero-order chi connectivity index (χ0) is 17.2. The largest absolute Gasteiger partial charge is 0.250 e. The minimum Gasteiger partial charge on any atom is -0.250 e. The van der Waals surface area contributed by atoms with Crippen LogP contribution < -0.4 is 0 Å². The Bertz CT molecular complexity index is 935. The number of thioether (sulfide) groups is 1. The van der Waals surface area contributed by atoms with Gasteiger partial charge >= 0.3 is 0 Å². The minimum absolute atomic E-state index is 0.263. The Morgan fingerprint density at radius 1 is 1.12 bits per heavy atom. The van der Waals surface area contributed by atoms with Crippen molar-refractivity contribution in [3.05, 3.63) is 54.0 Å². The maximum Gasteiger partial charge on any atom is 0.175 e. The molecule has 2 heterocycles. The molecule has 124 valence electrons. The predicted octanol–water partition coefficient (Wildman–Crippen LogP) is 2.06. The predicted molar refractivity (Wildman–Crippen MR) is 90.8 cm³/mol. The minimum atomic E-state index is -3.22. The second-order valence-electron chi connectivity index (χ2n) is 5.24. The molecule has 0 saturated carbocycles. The smallest absolute Gasteiger partial charge is 0.175 e. The number of aryl methyl sites for hydroxylation is 1. The SMILES string of the molecule is Cc1ccc(SCc2nnnn2-c2ccc(S(C)(=O)=O)cc2)nc1. The van der Waals surface area contributed by atoms with Gasteiger partial charge in [-0.2, -0.15) is 4.68 Å². The van der Waals surface area contributed by atoms with Crippen molar-refractivity contribution in [2.75, 3.05) is 6.26 Å². The Morgan fingerprint density at radius 2 is 1.88 bits per heavy atom. The average molecular weight is 361 g/mol. The summed E-state index contributed by atoms with van der Waals surface area (Å²) in [6, 6.07) is 10.4. The van der Waals surface area contributed by atoms with E-state index < -0.39 is 9.84 Å². The summed E-state index contributed by atoms with van der Waals surface area (Å²) >= 11 is 1.53. The molecule has 0 amide bonds. The van der Waals surface area contributed by atoms with Crippen molar-refractivity contribution in [2.24, 2.45) is 0 Å². The first-order valence-corrected chi connectivity index (χ1v) is 9.94. The second-order valence-corrected chi connectivity index (χ2v) is 8.25. The van der Waals surface area contributed by atoms with E-state index in [1.54, 1.807) is 28.9 Å². The van der Waals surface area contributed by atoms with Crippen molar-refractivity contribution in [1.82, 2.24) is 25.2 Å². The van der Waals surface area contributed by atoms with E-state index in [1.807, 2.05) is 25.3 Å². The van der Waals surface area contributed by atoms with Gasteiger partial charge in [-0.1, -0.05) is 17.8 Å². The Hall–Kier alpha value is -2.26. The van der Waals surface area contributed by atoms with Crippen molar-refractivity contribution in [2.45, 2.75) is 22.6 Å². The van der Waals surface area contributed by atoms with Gasteiger partial charge in [0, 0.05) is 12.5 Å². The van der Waals surface area contributed by atoms with Gasteiger partial charge in [0.05, 0.1) is 21.4 Å². The number of aromatic nitrogens is 5. The molecular formula is C15H15N5O2S2. The summed E-state index contributed by atoms with van der Waals surface area (Å²) in [5.41, 5.74) is 1.81. The van der Waals surface area contributed by atoms with Crippen LogP contribution in [0.1, 0.15) is 11.4 Å². The molecule has 0 N–H and O–H groups in total. The number of sulfone groups is 1. The summed E-state index contributed by atoms with van der Waals surface area (Å²) in [5.74, 6) is 1.21. The van der Waals surface area contributed by atoms with Crippen LogP contribution in [-0.2, 0) is 15.6 Å². The molecule has 0 saturated heterocycles. The quantitative estimate of drug-likeness (QED) is 0.642. The Morgan fingerprint density at radius 3 is 2.50 bits per heavy atom. The lowest BCUT2D eigenvalue weighted by Gasteiger charge is -2.05. The highest BCUT2D eigenvalue weighted by molar-refractivity contribution is 7.98. The van der Waals surface area contributed by atoms with Gasteiger partial charge < -0.3 is 0 Å². The zero-order valence-corrected chi connectivity index (χ0v) is 14.8. The average Bonchev–Trinajstić information content (AvgIpc) is 3.02. The Kier molecular flexibility index (Phi) is 4.63. The number of benzene rings is 1. The van der Waals surface area contributed by atoms with E-state index >= 15 is 0 Å². The summed E-state index contributed by atoms with van der Waals surface area (Å²) < 4.78 is 24.6. The number of tetrazole rings is 1. The van der Waals surface area contributed by atoms with Crippen molar-refractivity contribution in [3.63, 3.8) is 0 Å². The molecule has 2 aromatic heterocycles. The second kappa shape index (κ2) is 6.70. The van der Waals surface area contributed by atoms with Gasteiger partial charge in [0.1, 0.15) is 0 Å². The molecule has 0 spiro atoms. The maximum atomic E-state index is 11.5. The van der Waals surface area contributed by atoms with E-state index in [2.05, 4.69) is 20.5 Å². The summed E-state index contributed by atoms with van der Waals surface area (Å²) in [6.07, 6.45) is 2.99. The Labute approximate surface area is 144 Å². The first-order valence-electron chi connectivity index (χ1n) is 7.07. The van der Waals surface area contributed by atoms with Gasteiger partial charge in [0.2, 0.25) is 0 Å². The van der Waals surface area contributed by atoms with Crippen LogP contribution in [0.2, 0.25) is 0 Å². The summed E-state index contributed by atoms with van der Waals surface area (Å²) in [5, 5.41) is 12.6. The first-order chi connectivity index (χ1) is 11.4. The van der Waals surface area contributed by atoms with Crippen molar-refractivity contribution in [1.29, 1.82) is 0 Å². The van der Waals surface area contributed by atoms with Crippen LogP contribution in [0, 0.1) is 6.92 Å². The molecule has 3 rings (SSSR count). The van der Waals surface area contributed by atoms with E-state index in [9.17, 15) is 8.42 Å². The van der Waals surface area contributed by atoms with E-state index in [-0.39, 0.29) is 4.90 Å². The molecule has 0 radical (unpaired) electrons. The van der Waals surface area contributed by atoms with Gasteiger partial charge in [0.25, 0.3) is 0 Å². The molecule has 0 atom stereocenters. The third kappa shape index (κ3) is 3.80. The number of hydrogen-bond acceptors (Lipinski definition) is 7. The highest BCUT2D eigenvalue weighted by Crippen LogP contribution is 2.21. The van der Waals surface area contributed by atoms with Gasteiger partial charge in [-0.05, 0) is 53.2 Å². The van der Waals surface area contributed by atoms with Gasteiger partial charge in [-0.3, -0.25) is 0 Å². The van der Waals surface area contributed by atoms with Crippen LogP contribution in [0.4, 0.5) is 0 Å². The molecule has 0 fully saturated rings. The third-order valence-electron chi connectivity index (χ3n) is 3.28. The highest BCUT2D eigenvalue weighted by Gasteiger charge is 2.11. The van der Waals surface area contributed by atoms with Gasteiger partial charge in [0.15, 0.2) is 15.7 Å². The van der Waals surface area contributed by atoms with Crippen LogP contribution in [0.5, 0.6) is 0 Å². The van der Waals surface area contributed by atoms with E-state index in [0.29, 0.717) is 17.3 Å². The third-order valence-corrected chi connectivity index (χ3v) is 5.35. The fraction of sp³-hybridized carbons (Fsp3) is 0.200. The molecule has 24 heavy (non-hydrogen) atoms. The van der Waals surface area contributed by atoms with Gasteiger partial charge in [-0.25, -0.2) is 13.4 Å². The number of rotatable bonds is 5. The normalized spacial score (nSPS) is 11.6. The van der Waals surface area contributed by atoms with Crippen molar-refractivity contribution in [3.8, 4) is 5.69 Å². The fourth-order valence-electron chi connectivity index (χ4n) is 2.01. The molecule has 0 bridgehead atoms. The number of hydrogen-bond donors (Lipinski definition) is 0. The molecule has 9 heteroatoms. The number of pyridine rings is 1. The lowest BCUT2D eigenvalue weighted by molar-refractivity contribution is 0.602. The van der Waals surface area contributed by atoms with Crippen LogP contribution in [0.3, 0.4) is 0 Å². The van der Waals surface area contributed by atoms with Crippen LogP contribution in [-0.4, -0.2) is 39.9 Å². The van der Waals surface area contributed by atoms with E-state index in [0.717, 1.165) is 10.6 Å². The topological polar surface area (TPSA) is 90.6 Å². The summed E-state index contributed by atoms with van der Waals surface area (Å²) in [4.78, 5) is 4.60. The van der Waals surface area contributed by atoms with Gasteiger partial charge in [-0.15, -0.1) is 5.10 Å². The zero-order valence-electron chi connectivity index (χ0n) is 13.1. The van der Waals surface area contributed by atoms with Crippen LogP contribution in [0.25, 0.3) is 5.69 Å². The van der Waals surface area contributed by atoms with Crippen LogP contribution in [0.15, 0.2) is 52.5 Å². The molecule has 0 aliphatic heterocycles. The Balaban J connectivity index is 1.78. The van der Waals surface area contributed by atoms with E-state index in [1.165, 1.54) is 18.0 Å². The summed E-state index contributed by atoms with van der Waals surface area (Å²) in [6.45, 7) is 1.99. The molecule has 0 aliphatic rings. The molecule has 1 aromatic carbocycles. The van der Waals surface area contributed by atoms with Crippen LogP contribution >= 0.6 is 11.8 Å².